The monoisotopic (exact) mass is 264 g/mol. The molecule has 17 heavy (non-hydrogen) atoms. The van der Waals surface area contributed by atoms with Crippen molar-refractivity contribution in [3.05, 3.63) is 0 Å². The SMILES string of the molecule is CN(CCC(=O)O)S(=O)(=O)N1CCCC1(C)C. The van der Waals surface area contributed by atoms with Gasteiger partial charge in [0.05, 0.1) is 6.42 Å². The number of carboxylic acids is 1. The van der Waals surface area contributed by atoms with E-state index in [0.29, 0.717) is 6.54 Å². The number of rotatable bonds is 5. The molecule has 0 aromatic heterocycles. The van der Waals surface area contributed by atoms with Crippen LogP contribution in [0.1, 0.15) is 33.1 Å². The molecule has 0 saturated carbocycles. The number of nitrogens with zero attached hydrogens (tertiary/aromatic N) is 2. The van der Waals surface area contributed by atoms with Gasteiger partial charge in [0.2, 0.25) is 0 Å². The Labute approximate surface area is 102 Å². The third-order valence-corrected chi connectivity index (χ3v) is 5.34. The Morgan fingerprint density at radius 3 is 2.47 bits per heavy atom. The molecule has 100 valence electrons. The number of carbonyl (C=O) groups is 1. The zero-order chi connectivity index (χ0) is 13.3. The summed E-state index contributed by atoms with van der Waals surface area (Å²) in [4.78, 5) is 10.4. The smallest absolute Gasteiger partial charge is 0.304 e. The van der Waals surface area contributed by atoms with E-state index >= 15 is 0 Å². The fourth-order valence-corrected chi connectivity index (χ4v) is 3.78. The highest BCUT2D eigenvalue weighted by atomic mass is 32.2. The lowest BCUT2D eigenvalue weighted by Crippen LogP contribution is -2.49. The van der Waals surface area contributed by atoms with Gasteiger partial charge in [-0.05, 0) is 26.7 Å². The Morgan fingerprint density at radius 1 is 1.47 bits per heavy atom. The van der Waals surface area contributed by atoms with Crippen molar-refractivity contribution >= 4 is 16.2 Å². The first kappa shape index (κ1) is 14.4. The lowest BCUT2D eigenvalue weighted by molar-refractivity contribution is -0.137. The van der Waals surface area contributed by atoms with Crippen LogP contribution < -0.4 is 0 Å². The minimum Gasteiger partial charge on any atom is -0.481 e. The van der Waals surface area contributed by atoms with Crippen molar-refractivity contribution in [2.24, 2.45) is 0 Å². The highest BCUT2D eigenvalue weighted by molar-refractivity contribution is 7.86. The van der Waals surface area contributed by atoms with Crippen molar-refractivity contribution < 1.29 is 18.3 Å². The quantitative estimate of drug-likeness (QED) is 0.785. The summed E-state index contributed by atoms with van der Waals surface area (Å²) in [6, 6.07) is 0. The van der Waals surface area contributed by atoms with Crippen LogP contribution in [0.15, 0.2) is 0 Å². The van der Waals surface area contributed by atoms with Crippen LogP contribution >= 0.6 is 0 Å². The minimum absolute atomic E-state index is 0.00421. The van der Waals surface area contributed by atoms with Crippen LogP contribution in [0.2, 0.25) is 0 Å². The molecule has 1 N–H and O–H groups in total. The molecule has 0 aromatic carbocycles. The van der Waals surface area contributed by atoms with Gasteiger partial charge in [-0.1, -0.05) is 0 Å². The molecule has 0 atom stereocenters. The maximum atomic E-state index is 12.2. The van der Waals surface area contributed by atoms with Crippen LogP contribution in [-0.2, 0) is 15.0 Å². The third-order valence-electron chi connectivity index (χ3n) is 3.14. The van der Waals surface area contributed by atoms with E-state index in [1.165, 1.54) is 11.4 Å². The molecule has 0 aliphatic carbocycles. The summed E-state index contributed by atoms with van der Waals surface area (Å²) in [7, 11) is -2.12. The van der Waals surface area contributed by atoms with Gasteiger partial charge in [0.15, 0.2) is 0 Å². The summed E-state index contributed by atoms with van der Waals surface area (Å²) in [5.41, 5.74) is -0.379. The highest BCUT2D eigenvalue weighted by Crippen LogP contribution is 2.31. The van der Waals surface area contributed by atoms with Gasteiger partial charge in [0.25, 0.3) is 10.2 Å². The van der Waals surface area contributed by atoms with E-state index in [-0.39, 0.29) is 18.5 Å². The number of aliphatic carboxylic acids is 1. The van der Waals surface area contributed by atoms with Gasteiger partial charge in [-0.3, -0.25) is 4.79 Å². The maximum absolute atomic E-state index is 12.2. The molecule has 1 aliphatic rings. The van der Waals surface area contributed by atoms with Crippen molar-refractivity contribution in [3.63, 3.8) is 0 Å². The molecular formula is C10H20N2O4S. The third kappa shape index (κ3) is 3.17. The molecule has 1 rings (SSSR count). The first-order valence-electron chi connectivity index (χ1n) is 5.64. The fourth-order valence-electron chi connectivity index (χ4n) is 2.05. The normalized spacial score (nSPS) is 20.9. The summed E-state index contributed by atoms with van der Waals surface area (Å²) >= 11 is 0. The minimum atomic E-state index is -3.54. The van der Waals surface area contributed by atoms with E-state index in [0.717, 1.165) is 17.1 Å². The lowest BCUT2D eigenvalue weighted by Gasteiger charge is -2.33. The van der Waals surface area contributed by atoms with Crippen LogP contribution in [0.25, 0.3) is 0 Å². The Balaban J connectivity index is 2.77. The average Bonchev–Trinajstić information content (AvgIpc) is 2.54. The first-order valence-corrected chi connectivity index (χ1v) is 7.03. The summed E-state index contributed by atoms with van der Waals surface area (Å²) in [6.45, 7) is 4.29. The number of hydrogen-bond acceptors (Lipinski definition) is 3. The van der Waals surface area contributed by atoms with Gasteiger partial charge in [-0.25, -0.2) is 0 Å². The molecule has 1 heterocycles. The largest absolute Gasteiger partial charge is 0.481 e. The topological polar surface area (TPSA) is 77.9 Å². The Kier molecular flexibility index (Phi) is 4.16. The van der Waals surface area contributed by atoms with Crippen molar-refractivity contribution in [1.82, 2.24) is 8.61 Å². The van der Waals surface area contributed by atoms with E-state index in [1.807, 2.05) is 13.8 Å². The van der Waals surface area contributed by atoms with Crippen LogP contribution in [0.3, 0.4) is 0 Å². The molecule has 0 bridgehead atoms. The zero-order valence-electron chi connectivity index (χ0n) is 10.5. The van der Waals surface area contributed by atoms with Crippen molar-refractivity contribution in [1.29, 1.82) is 0 Å². The highest BCUT2D eigenvalue weighted by Gasteiger charge is 2.41. The molecule has 1 saturated heterocycles. The van der Waals surface area contributed by atoms with Gasteiger partial charge >= 0.3 is 5.97 Å². The molecule has 1 fully saturated rings. The molecule has 7 heteroatoms. The van der Waals surface area contributed by atoms with Crippen LogP contribution in [0.4, 0.5) is 0 Å². The predicted molar refractivity (Wildman–Crippen MR) is 63.8 cm³/mol. The number of hydrogen-bond donors (Lipinski definition) is 1. The Morgan fingerprint density at radius 2 is 2.06 bits per heavy atom. The molecule has 0 spiro atoms. The van der Waals surface area contributed by atoms with Crippen LogP contribution in [0, 0.1) is 0 Å². The van der Waals surface area contributed by atoms with Crippen LogP contribution in [0.5, 0.6) is 0 Å². The Bertz CT molecular complexity index is 391. The van der Waals surface area contributed by atoms with E-state index in [9.17, 15) is 13.2 Å². The summed E-state index contributed by atoms with van der Waals surface area (Å²) in [5.74, 6) is -0.993. The molecule has 0 amide bonds. The molecule has 0 aromatic rings. The molecule has 6 nitrogen and oxygen atoms in total. The summed E-state index contributed by atoms with van der Waals surface area (Å²) in [6.07, 6.45) is 1.50. The second-order valence-electron chi connectivity index (χ2n) is 4.96. The van der Waals surface area contributed by atoms with Crippen molar-refractivity contribution in [2.45, 2.75) is 38.6 Å². The van der Waals surface area contributed by atoms with E-state index in [4.69, 9.17) is 5.11 Å². The maximum Gasteiger partial charge on any atom is 0.304 e. The Hall–Kier alpha value is -0.660. The van der Waals surface area contributed by atoms with Gasteiger partial charge in [0.1, 0.15) is 0 Å². The molecule has 0 unspecified atom stereocenters. The molecule has 0 radical (unpaired) electrons. The molecular weight excluding hydrogens is 244 g/mol. The lowest BCUT2D eigenvalue weighted by atomic mass is 10.0. The van der Waals surface area contributed by atoms with E-state index in [2.05, 4.69) is 0 Å². The number of carboxylic acid groups (broad SMARTS) is 1. The summed E-state index contributed by atoms with van der Waals surface area (Å²) in [5, 5.41) is 8.56. The van der Waals surface area contributed by atoms with Crippen molar-refractivity contribution in [2.75, 3.05) is 20.1 Å². The van der Waals surface area contributed by atoms with Gasteiger partial charge in [0, 0.05) is 25.7 Å². The predicted octanol–water partition coefficient (Wildman–Crippen LogP) is 0.512. The van der Waals surface area contributed by atoms with Gasteiger partial charge < -0.3 is 5.11 Å². The summed E-state index contributed by atoms with van der Waals surface area (Å²) < 4.78 is 27.0. The zero-order valence-corrected chi connectivity index (χ0v) is 11.3. The first-order chi connectivity index (χ1) is 7.68. The second kappa shape index (κ2) is 4.91. The van der Waals surface area contributed by atoms with Crippen LogP contribution in [-0.4, -0.2) is 53.8 Å². The van der Waals surface area contributed by atoms with Gasteiger partial charge in [-0.2, -0.15) is 17.0 Å². The van der Waals surface area contributed by atoms with E-state index in [1.54, 1.807) is 0 Å². The van der Waals surface area contributed by atoms with E-state index < -0.39 is 16.2 Å². The average molecular weight is 264 g/mol. The molecule has 1 aliphatic heterocycles. The van der Waals surface area contributed by atoms with Crippen molar-refractivity contribution in [3.8, 4) is 0 Å². The van der Waals surface area contributed by atoms with Gasteiger partial charge in [-0.15, -0.1) is 0 Å². The second-order valence-corrected chi connectivity index (χ2v) is 6.92. The standard InChI is InChI=1S/C10H20N2O4S/c1-10(2)6-4-7-12(10)17(15,16)11(3)8-5-9(13)14/h4-8H2,1-3H3,(H,13,14). The fraction of sp³-hybridized carbons (Fsp3) is 0.900.